The highest BCUT2D eigenvalue weighted by molar-refractivity contribution is 6.03. The van der Waals surface area contributed by atoms with Crippen LogP contribution < -0.4 is 4.74 Å². The van der Waals surface area contributed by atoms with Gasteiger partial charge < -0.3 is 9.84 Å². The number of nitriles is 1. The number of carbonyl (C=O) groups excluding carboxylic acids is 1. The third kappa shape index (κ3) is 3.48. The van der Waals surface area contributed by atoms with Gasteiger partial charge in [0.05, 0.1) is 18.9 Å². The molecule has 1 aliphatic rings. The van der Waals surface area contributed by atoms with E-state index < -0.39 is 53.2 Å². The van der Waals surface area contributed by atoms with Crippen molar-refractivity contribution < 1.29 is 45.4 Å². The Balaban J connectivity index is 2.57. The van der Waals surface area contributed by atoms with Crippen LogP contribution in [0.25, 0.3) is 0 Å². The van der Waals surface area contributed by atoms with Gasteiger partial charge in [-0.25, -0.2) is 0 Å². The van der Waals surface area contributed by atoms with Gasteiger partial charge in [0.25, 0.3) is 5.91 Å². The maximum absolute atomic E-state index is 14.4. The van der Waals surface area contributed by atoms with Crippen LogP contribution in [-0.4, -0.2) is 52.6 Å². The molecule has 13 heteroatoms. The van der Waals surface area contributed by atoms with Crippen LogP contribution in [0.4, 0.5) is 30.7 Å². The minimum absolute atomic E-state index is 0.0531. The van der Waals surface area contributed by atoms with Crippen LogP contribution in [0.15, 0.2) is 29.4 Å². The number of benzene rings is 1. The predicted molar refractivity (Wildman–Crippen MR) is 82.1 cm³/mol. The lowest BCUT2D eigenvalue weighted by molar-refractivity contribution is -0.401. The van der Waals surface area contributed by atoms with Gasteiger partial charge >= 0.3 is 18.0 Å². The maximum Gasteiger partial charge on any atom is 0.460 e. The van der Waals surface area contributed by atoms with Crippen molar-refractivity contribution in [2.24, 2.45) is 5.10 Å². The second-order valence-corrected chi connectivity index (χ2v) is 5.96. The van der Waals surface area contributed by atoms with E-state index in [0.717, 1.165) is 0 Å². The molecule has 158 valence electrons. The Morgan fingerprint density at radius 1 is 1.24 bits per heavy atom. The number of amides is 1. The van der Waals surface area contributed by atoms with Crippen LogP contribution in [0, 0.1) is 11.3 Å². The number of methoxy groups -OCH3 is 1. The van der Waals surface area contributed by atoms with Crippen molar-refractivity contribution in [3.63, 3.8) is 0 Å². The van der Waals surface area contributed by atoms with Crippen LogP contribution in [0.5, 0.6) is 5.75 Å². The maximum atomic E-state index is 14.4. The summed E-state index contributed by atoms with van der Waals surface area (Å²) in [4.78, 5) is 11.9. The summed E-state index contributed by atoms with van der Waals surface area (Å²) in [5.41, 5.74) is -4.99. The number of carbonyl (C=O) groups is 1. The first kappa shape index (κ1) is 22.4. The minimum Gasteiger partial charge on any atom is -0.497 e. The summed E-state index contributed by atoms with van der Waals surface area (Å²) >= 11 is 0. The van der Waals surface area contributed by atoms with E-state index in [4.69, 9.17) is 10.00 Å². The number of hydrogen-bond donors (Lipinski definition) is 1. The van der Waals surface area contributed by atoms with Crippen LogP contribution in [0.3, 0.4) is 0 Å². The third-order valence-corrected chi connectivity index (χ3v) is 4.13. The Hall–Kier alpha value is -2.88. The minimum atomic E-state index is -6.74. The second-order valence-electron chi connectivity index (χ2n) is 5.96. The van der Waals surface area contributed by atoms with E-state index in [-0.39, 0.29) is 5.56 Å². The molecule has 0 spiro atoms. The SMILES string of the molecule is COc1ccc(C2=NN(C(=O)CC#N)[C@](O)(C(F)(F)C(F)(F)C(F)(F)F)C2)cc1. The van der Waals surface area contributed by atoms with Crippen LogP contribution >= 0.6 is 0 Å². The Morgan fingerprint density at radius 3 is 2.24 bits per heavy atom. The molecule has 1 amide bonds. The Kier molecular flexibility index (Phi) is 5.55. The van der Waals surface area contributed by atoms with Crippen LogP contribution in [-0.2, 0) is 4.79 Å². The zero-order valence-electron chi connectivity index (χ0n) is 14.5. The molecular formula is C16H12F7N3O3. The fourth-order valence-corrected chi connectivity index (χ4v) is 2.57. The fourth-order valence-electron chi connectivity index (χ4n) is 2.57. The second kappa shape index (κ2) is 7.18. The molecule has 0 saturated heterocycles. The number of ether oxygens (including phenoxy) is 1. The van der Waals surface area contributed by atoms with Gasteiger partial charge in [-0.2, -0.15) is 46.1 Å². The zero-order chi connectivity index (χ0) is 22.3. The fraction of sp³-hybridized carbons (Fsp3) is 0.438. The average molecular weight is 427 g/mol. The summed E-state index contributed by atoms with van der Waals surface area (Å²) in [5.74, 6) is -14.3. The molecule has 1 aliphatic heterocycles. The molecule has 1 N–H and O–H groups in total. The molecule has 2 rings (SSSR count). The molecule has 1 heterocycles. The van der Waals surface area contributed by atoms with E-state index in [1.165, 1.54) is 37.4 Å². The Morgan fingerprint density at radius 2 is 1.79 bits per heavy atom. The van der Waals surface area contributed by atoms with Gasteiger partial charge in [0.15, 0.2) is 0 Å². The summed E-state index contributed by atoms with van der Waals surface area (Å²) in [7, 11) is 1.31. The first-order valence-corrected chi connectivity index (χ1v) is 7.69. The lowest BCUT2D eigenvalue weighted by Crippen LogP contribution is -2.69. The molecule has 0 unspecified atom stereocenters. The molecule has 6 nitrogen and oxygen atoms in total. The zero-order valence-corrected chi connectivity index (χ0v) is 14.5. The number of rotatable bonds is 5. The number of hydrazone groups is 1. The number of hydrogen-bond acceptors (Lipinski definition) is 5. The van der Waals surface area contributed by atoms with E-state index >= 15 is 0 Å². The van der Waals surface area contributed by atoms with Crippen molar-refractivity contribution >= 4 is 11.6 Å². The number of alkyl halides is 7. The number of halogens is 7. The average Bonchev–Trinajstić information content (AvgIpc) is 3.00. The summed E-state index contributed by atoms with van der Waals surface area (Å²) in [5, 5.41) is 21.5. The molecule has 1 atom stereocenters. The van der Waals surface area contributed by atoms with E-state index in [9.17, 15) is 40.6 Å². The molecule has 1 aromatic carbocycles. The first-order chi connectivity index (χ1) is 13.2. The van der Waals surface area contributed by atoms with Crippen molar-refractivity contribution in [3.8, 4) is 11.8 Å². The molecule has 0 radical (unpaired) electrons. The van der Waals surface area contributed by atoms with Crippen LogP contribution in [0.1, 0.15) is 18.4 Å². The summed E-state index contributed by atoms with van der Waals surface area (Å²) in [6.45, 7) is 0. The summed E-state index contributed by atoms with van der Waals surface area (Å²) in [6.07, 6.45) is -9.48. The molecule has 29 heavy (non-hydrogen) atoms. The topological polar surface area (TPSA) is 85.9 Å². The molecular weight excluding hydrogens is 415 g/mol. The van der Waals surface area contributed by atoms with Crippen molar-refractivity contribution in [3.05, 3.63) is 29.8 Å². The summed E-state index contributed by atoms with van der Waals surface area (Å²) < 4.78 is 98.4. The molecule has 0 bridgehead atoms. The molecule has 0 aliphatic carbocycles. The Labute approximate surface area is 158 Å². The van der Waals surface area contributed by atoms with Gasteiger partial charge in [-0.15, -0.1) is 0 Å². The third-order valence-electron chi connectivity index (χ3n) is 4.13. The quantitative estimate of drug-likeness (QED) is 0.732. The smallest absolute Gasteiger partial charge is 0.460 e. The molecule has 0 aromatic heterocycles. The summed E-state index contributed by atoms with van der Waals surface area (Å²) in [6, 6.07) is 6.25. The van der Waals surface area contributed by atoms with E-state index in [0.29, 0.717) is 5.75 Å². The lowest BCUT2D eigenvalue weighted by Gasteiger charge is -2.41. The van der Waals surface area contributed by atoms with Crippen molar-refractivity contribution in [2.45, 2.75) is 36.6 Å². The standard InChI is InChI=1S/C16H12F7N3O3/c1-29-10-4-2-9(3-5-10)11-8-13(28,26(25-11)12(27)6-7-24)14(17,18)15(19,20)16(21,22)23/h2-5,28H,6,8H2,1H3/t13-/m1/s1. The highest BCUT2D eigenvalue weighted by Gasteiger charge is 2.82. The van der Waals surface area contributed by atoms with Crippen molar-refractivity contribution in [1.82, 2.24) is 5.01 Å². The Bertz CT molecular complexity index is 862. The van der Waals surface area contributed by atoms with Gasteiger partial charge in [-0.05, 0) is 29.8 Å². The highest BCUT2D eigenvalue weighted by atomic mass is 19.4. The van der Waals surface area contributed by atoms with E-state index in [2.05, 4.69) is 5.10 Å². The van der Waals surface area contributed by atoms with Gasteiger partial charge in [0.1, 0.15) is 12.2 Å². The van der Waals surface area contributed by atoms with Gasteiger partial charge in [0, 0.05) is 6.42 Å². The normalized spacial score (nSPS) is 20.3. The first-order valence-electron chi connectivity index (χ1n) is 7.69. The monoisotopic (exact) mass is 427 g/mol. The van der Waals surface area contributed by atoms with E-state index in [1.807, 2.05) is 0 Å². The molecule has 0 fully saturated rings. The predicted octanol–water partition coefficient (Wildman–Crippen LogP) is 3.07. The van der Waals surface area contributed by atoms with E-state index in [1.54, 1.807) is 0 Å². The van der Waals surface area contributed by atoms with Gasteiger partial charge in [-0.1, -0.05) is 0 Å². The highest BCUT2D eigenvalue weighted by Crippen LogP contribution is 2.54. The lowest BCUT2D eigenvalue weighted by atomic mass is 9.91. The molecule has 1 aromatic rings. The van der Waals surface area contributed by atoms with Crippen molar-refractivity contribution in [1.29, 1.82) is 5.26 Å². The van der Waals surface area contributed by atoms with Crippen LogP contribution in [0.2, 0.25) is 0 Å². The van der Waals surface area contributed by atoms with Crippen molar-refractivity contribution in [2.75, 3.05) is 7.11 Å². The largest absolute Gasteiger partial charge is 0.497 e. The van der Waals surface area contributed by atoms with Gasteiger partial charge in [-0.3, -0.25) is 4.79 Å². The van der Waals surface area contributed by atoms with Gasteiger partial charge in [0.2, 0.25) is 5.72 Å². The number of aliphatic hydroxyl groups is 1. The molecule has 0 saturated carbocycles. The number of nitrogens with zero attached hydrogens (tertiary/aromatic N) is 3.